The van der Waals surface area contributed by atoms with E-state index in [0.717, 1.165) is 17.3 Å². The number of rotatable bonds is 4. The van der Waals surface area contributed by atoms with Crippen LogP contribution in [0.2, 0.25) is 0 Å². The predicted octanol–water partition coefficient (Wildman–Crippen LogP) is 3.33. The summed E-state index contributed by atoms with van der Waals surface area (Å²) in [6, 6.07) is 6.01. The number of hydrazine groups is 1. The summed E-state index contributed by atoms with van der Waals surface area (Å²) in [7, 11) is 0. The summed E-state index contributed by atoms with van der Waals surface area (Å²) in [4.78, 5) is 8.56. The zero-order valence-electron chi connectivity index (χ0n) is 10.4. The highest BCUT2D eigenvalue weighted by molar-refractivity contribution is 9.10. The zero-order chi connectivity index (χ0) is 14.1. The van der Waals surface area contributed by atoms with Crippen molar-refractivity contribution in [1.82, 2.24) is 9.97 Å². The number of hydrogen-bond acceptors (Lipinski definition) is 5. The second-order valence-electron chi connectivity index (χ2n) is 4.55. The Bertz CT molecular complexity index is 648. The molecule has 1 aromatic carbocycles. The van der Waals surface area contributed by atoms with E-state index in [2.05, 4.69) is 31.3 Å². The van der Waals surface area contributed by atoms with Gasteiger partial charge >= 0.3 is 0 Å². The minimum absolute atomic E-state index is 0.0998. The van der Waals surface area contributed by atoms with Crippen molar-refractivity contribution in [1.29, 1.82) is 0 Å². The van der Waals surface area contributed by atoms with Crippen molar-refractivity contribution in [2.24, 2.45) is 5.84 Å². The smallest absolute Gasteiger partial charge is 0.224 e. The number of ether oxygens (including phenoxy) is 1. The highest BCUT2D eigenvalue weighted by Crippen LogP contribution is 2.39. The summed E-state index contributed by atoms with van der Waals surface area (Å²) < 4.78 is 19.9. The fourth-order valence-corrected chi connectivity index (χ4v) is 2.10. The lowest BCUT2D eigenvalue weighted by Crippen LogP contribution is -2.10. The Balaban J connectivity index is 1.93. The molecule has 5 nitrogen and oxygen atoms in total. The summed E-state index contributed by atoms with van der Waals surface area (Å²) in [6.07, 6.45) is 2.11. The average Bonchev–Trinajstić information content (AvgIpc) is 3.27. The van der Waals surface area contributed by atoms with Crippen LogP contribution in [0.5, 0.6) is 11.6 Å². The van der Waals surface area contributed by atoms with E-state index in [1.807, 2.05) is 0 Å². The summed E-state index contributed by atoms with van der Waals surface area (Å²) in [6.45, 7) is 0. The highest BCUT2D eigenvalue weighted by Gasteiger charge is 2.27. The molecular formula is C13H12BrFN4O. The van der Waals surface area contributed by atoms with Gasteiger partial charge in [0.2, 0.25) is 5.88 Å². The quantitative estimate of drug-likeness (QED) is 0.660. The molecule has 0 atom stereocenters. The van der Waals surface area contributed by atoms with E-state index in [-0.39, 0.29) is 11.6 Å². The molecule has 1 saturated carbocycles. The predicted molar refractivity (Wildman–Crippen MR) is 76.0 cm³/mol. The molecule has 0 radical (unpaired) electrons. The number of hydrogen-bond donors (Lipinski definition) is 2. The second-order valence-corrected chi connectivity index (χ2v) is 5.46. The van der Waals surface area contributed by atoms with E-state index in [0.29, 0.717) is 17.6 Å². The van der Waals surface area contributed by atoms with Gasteiger partial charge in [0.25, 0.3) is 0 Å². The van der Waals surface area contributed by atoms with E-state index in [1.165, 1.54) is 12.1 Å². The Morgan fingerprint density at radius 2 is 2.10 bits per heavy atom. The third-order valence-electron chi connectivity index (χ3n) is 2.92. The molecule has 0 saturated heterocycles. The number of nitrogen functional groups attached to an aromatic ring is 1. The highest BCUT2D eigenvalue weighted by atomic mass is 79.9. The minimum Gasteiger partial charge on any atom is -0.436 e. The molecule has 20 heavy (non-hydrogen) atoms. The van der Waals surface area contributed by atoms with Crippen molar-refractivity contribution < 1.29 is 9.13 Å². The van der Waals surface area contributed by atoms with Gasteiger partial charge in [0.1, 0.15) is 11.6 Å². The van der Waals surface area contributed by atoms with Crippen LogP contribution in [-0.4, -0.2) is 9.97 Å². The van der Waals surface area contributed by atoms with Crippen LogP contribution in [0, 0.1) is 5.82 Å². The lowest BCUT2D eigenvalue weighted by Gasteiger charge is -2.09. The fourth-order valence-electron chi connectivity index (χ4n) is 1.76. The summed E-state index contributed by atoms with van der Waals surface area (Å²) in [5, 5.41) is 0. The maximum atomic E-state index is 13.7. The molecule has 0 aliphatic heterocycles. The van der Waals surface area contributed by atoms with Crippen LogP contribution in [0.25, 0.3) is 0 Å². The number of benzene rings is 1. The van der Waals surface area contributed by atoms with Crippen LogP contribution in [0.3, 0.4) is 0 Å². The third kappa shape index (κ3) is 2.88. The van der Waals surface area contributed by atoms with Crippen LogP contribution in [0.4, 0.5) is 10.2 Å². The van der Waals surface area contributed by atoms with E-state index in [9.17, 15) is 4.39 Å². The zero-order valence-corrected chi connectivity index (χ0v) is 12.0. The van der Waals surface area contributed by atoms with E-state index >= 15 is 0 Å². The van der Waals surface area contributed by atoms with Gasteiger partial charge in [-0.2, -0.15) is 4.98 Å². The molecule has 1 aliphatic carbocycles. The first-order valence-electron chi connectivity index (χ1n) is 6.14. The number of aromatic nitrogens is 2. The number of anilines is 1. The maximum absolute atomic E-state index is 13.7. The van der Waals surface area contributed by atoms with Crippen molar-refractivity contribution >= 4 is 21.7 Å². The van der Waals surface area contributed by atoms with Crippen molar-refractivity contribution in [2.75, 3.05) is 5.43 Å². The molecule has 1 heterocycles. The first-order chi connectivity index (χ1) is 9.65. The number of nitrogens with zero attached hydrogens (tertiary/aromatic N) is 2. The van der Waals surface area contributed by atoms with Crippen molar-refractivity contribution in [3.05, 3.63) is 40.4 Å². The van der Waals surface area contributed by atoms with Gasteiger partial charge in [0.05, 0.1) is 0 Å². The molecule has 0 amide bonds. The Morgan fingerprint density at radius 3 is 2.80 bits per heavy atom. The van der Waals surface area contributed by atoms with Crippen molar-refractivity contribution in [3.8, 4) is 11.6 Å². The summed E-state index contributed by atoms with van der Waals surface area (Å²) in [5.41, 5.74) is 2.47. The van der Waals surface area contributed by atoms with Crippen LogP contribution in [-0.2, 0) is 0 Å². The largest absolute Gasteiger partial charge is 0.436 e. The van der Waals surface area contributed by atoms with Gasteiger partial charge in [-0.1, -0.05) is 15.9 Å². The third-order valence-corrected chi connectivity index (χ3v) is 3.41. The number of nitrogens with two attached hydrogens (primary N) is 1. The first-order valence-corrected chi connectivity index (χ1v) is 6.93. The Hall–Kier alpha value is -1.73. The summed E-state index contributed by atoms with van der Waals surface area (Å²) in [5.74, 6) is 6.76. The molecule has 3 N–H and O–H groups in total. The molecular weight excluding hydrogens is 327 g/mol. The van der Waals surface area contributed by atoms with Gasteiger partial charge in [-0.05, 0) is 31.0 Å². The number of nitrogens with one attached hydrogen (secondary N) is 1. The van der Waals surface area contributed by atoms with Gasteiger partial charge in [-0.25, -0.2) is 15.2 Å². The molecule has 104 valence electrons. The van der Waals surface area contributed by atoms with Gasteiger partial charge in [-0.15, -0.1) is 0 Å². The normalized spacial score (nSPS) is 14.2. The molecule has 1 fully saturated rings. The minimum atomic E-state index is -0.456. The Morgan fingerprint density at radius 1 is 1.30 bits per heavy atom. The van der Waals surface area contributed by atoms with E-state index < -0.39 is 5.82 Å². The fraction of sp³-hybridized carbons (Fsp3) is 0.231. The average molecular weight is 339 g/mol. The lowest BCUT2D eigenvalue weighted by molar-refractivity contribution is 0.424. The molecule has 3 rings (SSSR count). The van der Waals surface area contributed by atoms with Crippen molar-refractivity contribution in [2.45, 2.75) is 18.8 Å². The Kier molecular flexibility index (Phi) is 3.54. The maximum Gasteiger partial charge on any atom is 0.224 e. The number of halogens is 2. The van der Waals surface area contributed by atoms with Crippen LogP contribution >= 0.6 is 15.9 Å². The molecule has 0 bridgehead atoms. The van der Waals surface area contributed by atoms with Gasteiger partial charge in [0, 0.05) is 16.5 Å². The van der Waals surface area contributed by atoms with E-state index in [4.69, 9.17) is 10.6 Å². The molecule has 0 spiro atoms. The monoisotopic (exact) mass is 338 g/mol. The standard InChI is InChI=1S/C13H12BrFN4O/c14-8-3-4-9(15)10(5-8)20-12-6-11(19-16)17-13(18-12)7-1-2-7/h3-7H,1-2,16H2,(H,17,18,19). The second kappa shape index (κ2) is 5.34. The van der Waals surface area contributed by atoms with Crippen LogP contribution in [0.1, 0.15) is 24.6 Å². The van der Waals surface area contributed by atoms with E-state index in [1.54, 1.807) is 12.1 Å². The lowest BCUT2D eigenvalue weighted by atomic mass is 10.3. The SMILES string of the molecule is NNc1cc(Oc2cc(Br)ccc2F)nc(C2CC2)n1. The topological polar surface area (TPSA) is 73.1 Å². The van der Waals surface area contributed by atoms with Crippen LogP contribution in [0.15, 0.2) is 28.7 Å². The van der Waals surface area contributed by atoms with Crippen LogP contribution < -0.4 is 16.0 Å². The molecule has 1 aliphatic rings. The van der Waals surface area contributed by atoms with Gasteiger partial charge in [0.15, 0.2) is 11.6 Å². The molecule has 7 heteroatoms. The Labute approximate surface area is 123 Å². The molecule has 2 aromatic rings. The summed E-state index contributed by atoms with van der Waals surface area (Å²) >= 11 is 3.27. The van der Waals surface area contributed by atoms with Crippen molar-refractivity contribution in [3.63, 3.8) is 0 Å². The van der Waals surface area contributed by atoms with Gasteiger partial charge < -0.3 is 10.2 Å². The molecule has 1 aromatic heterocycles. The molecule has 0 unspecified atom stereocenters. The van der Waals surface area contributed by atoms with Gasteiger partial charge in [-0.3, -0.25) is 0 Å². The first kappa shape index (κ1) is 13.3.